The normalized spacial score (nSPS) is 23.5. The zero-order valence-electron chi connectivity index (χ0n) is 10.0. The summed E-state index contributed by atoms with van der Waals surface area (Å²) in [7, 11) is -3.19. The summed E-state index contributed by atoms with van der Waals surface area (Å²) < 4.78 is 27.8. The third-order valence-electron chi connectivity index (χ3n) is 3.11. The molecule has 7 heteroatoms. The van der Waals surface area contributed by atoms with E-state index in [0.717, 1.165) is 25.9 Å². The lowest BCUT2D eigenvalue weighted by atomic mass is 9.99. The fourth-order valence-corrected chi connectivity index (χ4v) is 2.30. The zero-order chi connectivity index (χ0) is 12.5. The summed E-state index contributed by atoms with van der Waals surface area (Å²) in [5.41, 5.74) is 0. The van der Waals surface area contributed by atoms with Gasteiger partial charge in [0.1, 0.15) is 5.25 Å². The highest BCUT2D eigenvalue weighted by atomic mass is 32.2. The van der Waals surface area contributed by atoms with Gasteiger partial charge in [-0.3, -0.25) is 0 Å². The van der Waals surface area contributed by atoms with E-state index in [2.05, 4.69) is 15.5 Å². The second kappa shape index (κ2) is 4.73. The van der Waals surface area contributed by atoms with E-state index in [1.54, 1.807) is 6.92 Å². The second-order valence-corrected chi connectivity index (χ2v) is 6.87. The van der Waals surface area contributed by atoms with Gasteiger partial charge in [0, 0.05) is 18.7 Å². The van der Waals surface area contributed by atoms with E-state index < -0.39 is 15.1 Å². The van der Waals surface area contributed by atoms with Crippen LogP contribution in [-0.4, -0.2) is 37.9 Å². The molecule has 17 heavy (non-hydrogen) atoms. The molecule has 2 rings (SSSR count). The minimum Gasteiger partial charge on any atom is -0.338 e. The van der Waals surface area contributed by atoms with Crippen molar-refractivity contribution in [2.24, 2.45) is 0 Å². The van der Waals surface area contributed by atoms with E-state index in [1.165, 1.54) is 6.26 Å². The fraction of sp³-hybridized carbons (Fsp3) is 0.800. The first-order chi connectivity index (χ1) is 7.98. The van der Waals surface area contributed by atoms with Crippen molar-refractivity contribution >= 4 is 9.84 Å². The molecule has 2 atom stereocenters. The molecular formula is C10H17N3O3S. The maximum absolute atomic E-state index is 11.4. The quantitative estimate of drug-likeness (QED) is 0.857. The predicted octanol–water partition coefficient (Wildman–Crippen LogP) is 0.642. The molecule has 0 saturated carbocycles. The van der Waals surface area contributed by atoms with Crippen LogP contribution in [0.5, 0.6) is 0 Å². The Kier molecular flexibility index (Phi) is 3.48. The summed E-state index contributed by atoms with van der Waals surface area (Å²) in [5.74, 6) is 1.03. The number of sulfone groups is 1. The maximum atomic E-state index is 11.4. The summed E-state index contributed by atoms with van der Waals surface area (Å²) in [6.07, 6.45) is 3.26. The monoisotopic (exact) mass is 259 g/mol. The summed E-state index contributed by atoms with van der Waals surface area (Å²) in [4.78, 5) is 4.20. The summed E-state index contributed by atoms with van der Waals surface area (Å²) in [6.45, 7) is 3.40. The van der Waals surface area contributed by atoms with Gasteiger partial charge in [-0.15, -0.1) is 0 Å². The van der Waals surface area contributed by atoms with Crippen LogP contribution in [0, 0.1) is 0 Å². The van der Waals surface area contributed by atoms with E-state index >= 15 is 0 Å². The van der Waals surface area contributed by atoms with Crippen LogP contribution in [0.25, 0.3) is 0 Å². The minimum atomic E-state index is -3.19. The van der Waals surface area contributed by atoms with Crippen molar-refractivity contribution in [1.82, 2.24) is 15.5 Å². The van der Waals surface area contributed by atoms with Crippen molar-refractivity contribution in [2.75, 3.05) is 19.3 Å². The molecule has 1 aromatic heterocycles. The maximum Gasteiger partial charge on any atom is 0.244 e. The molecule has 0 radical (unpaired) electrons. The van der Waals surface area contributed by atoms with Crippen LogP contribution in [-0.2, 0) is 9.84 Å². The molecule has 1 saturated heterocycles. The molecular weight excluding hydrogens is 242 g/mol. The lowest BCUT2D eigenvalue weighted by Gasteiger charge is -2.19. The van der Waals surface area contributed by atoms with Gasteiger partial charge < -0.3 is 9.84 Å². The average Bonchev–Trinajstić information content (AvgIpc) is 2.77. The van der Waals surface area contributed by atoms with Crippen LogP contribution >= 0.6 is 0 Å². The number of hydrogen-bond acceptors (Lipinski definition) is 6. The van der Waals surface area contributed by atoms with Crippen LogP contribution in [0.3, 0.4) is 0 Å². The van der Waals surface area contributed by atoms with Crippen molar-refractivity contribution in [3.8, 4) is 0 Å². The molecule has 0 spiro atoms. The van der Waals surface area contributed by atoms with E-state index in [4.69, 9.17) is 4.52 Å². The van der Waals surface area contributed by atoms with E-state index in [9.17, 15) is 8.42 Å². The Bertz CT molecular complexity index is 477. The molecule has 96 valence electrons. The van der Waals surface area contributed by atoms with Gasteiger partial charge in [0.25, 0.3) is 0 Å². The molecule has 0 bridgehead atoms. The highest BCUT2D eigenvalue weighted by Crippen LogP contribution is 2.24. The average molecular weight is 259 g/mol. The van der Waals surface area contributed by atoms with Crippen LogP contribution in [0.4, 0.5) is 0 Å². The molecule has 1 aromatic rings. The Morgan fingerprint density at radius 3 is 2.88 bits per heavy atom. The molecule has 0 aromatic carbocycles. The molecule has 2 unspecified atom stereocenters. The number of piperidine rings is 1. The topological polar surface area (TPSA) is 85.1 Å². The van der Waals surface area contributed by atoms with Gasteiger partial charge >= 0.3 is 0 Å². The first-order valence-electron chi connectivity index (χ1n) is 5.71. The molecule has 0 amide bonds. The molecule has 1 aliphatic heterocycles. The van der Waals surface area contributed by atoms with Crippen LogP contribution in [0.2, 0.25) is 0 Å². The van der Waals surface area contributed by atoms with E-state index in [-0.39, 0.29) is 11.8 Å². The Morgan fingerprint density at radius 2 is 2.29 bits per heavy atom. The van der Waals surface area contributed by atoms with Gasteiger partial charge in [0.2, 0.25) is 5.89 Å². The van der Waals surface area contributed by atoms with Crippen LogP contribution < -0.4 is 5.32 Å². The Morgan fingerprint density at radius 1 is 1.53 bits per heavy atom. The van der Waals surface area contributed by atoms with Gasteiger partial charge in [0.05, 0.1) is 0 Å². The summed E-state index contributed by atoms with van der Waals surface area (Å²) in [6, 6.07) is 0. The highest BCUT2D eigenvalue weighted by molar-refractivity contribution is 7.90. The first-order valence-corrected chi connectivity index (χ1v) is 7.67. The van der Waals surface area contributed by atoms with Crippen molar-refractivity contribution in [1.29, 1.82) is 0 Å². The van der Waals surface area contributed by atoms with Gasteiger partial charge in [-0.05, 0) is 26.3 Å². The second-order valence-electron chi connectivity index (χ2n) is 4.51. The van der Waals surface area contributed by atoms with Crippen LogP contribution in [0.15, 0.2) is 4.52 Å². The number of nitrogens with zero attached hydrogens (tertiary/aromatic N) is 2. The molecule has 1 fully saturated rings. The minimum absolute atomic E-state index is 0.188. The molecule has 2 heterocycles. The molecule has 1 aliphatic rings. The first kappa shape index (κ1) is 12.5. The highest BCUT2D eigenvalue weighted by Gasteiger charge is 2.26. The van der Waals surface area contributed by atoms with Gasteiger partial charge in [-0.25, -0.2) is 8.42 Å². The summed E-state index contributed by atoms with van der Waals surface area (Å²) >= 11 is 0. The lowest BCUT2D eigenvalue weighted by Crippen LogP contribution is -2.28. The number of rotatable bonds is 3. The predicted molar refractivity (Wildman–Crippen MR) is 62.4 cm³/mol. The van der Waals surface area contributed by atoms with E-state index in [1.807, 2.05) is 0 Å². The van der Waals surface area contributed by atoms with Crippen molar-refractivity contribution in [2.45, 2.75) is 30.9 Å². The van der Waals surface area contributed by atoms with Crippen molar-refractivity contribution in [3.63, 3.8) is 0 Å². The largest absolute Gasteiger partial charge is 0.338 e. The van der Waals surface area contributed by atoms with Crippen LogP contribution in [0.1, 0.15) is 42.6 Å². The van der Waals surface area contributed by atoms with Gasteiger partial charge in [0.15, 0.2) is 15.7 Å². The third-order valence-corrected chi connectivity index (χ3v) is 4.60. The molecule has 6 nitrogen and oxygen atoms in total. The standard InChI is InChI=1S/C10H17N3O3S/c1-7(17(2,14)15)10-12-9(13-16-10)8-4-3-5-11-6-8/h7-8,11H,3-6H2,1-2H3. The van der Waals surface area contributed by atoms with Crippen molar-refractivity contribution < 1.29 is 12.9 Å². The smallest absolute Gasteiger partial charge is 0.244 e. The molecule has 1 N–H and O–H groups in total. The Hall–Kier alpha value is -0.950. The molecule has 0 aliphatic carbocycles. The third kappa shape index (κ3) is 2.84. The van der Waals surface area contributed by atoms with Crippen molar-refractivity contribution in [3.05, 3.63) is 11.7 Å². The number of hydrogen-bond donors (Lipinski definition) is 1. The zero-order valence-corrected chi connectivity index (χ0v) is 10.8. The van der Waals surface area contributed by atoms with E-state index in [0.29, 0.717) is 5.82 Å². The SMILES string of the molecule is CC(c1nc(C2CCCNC2)no1)S(C)(=O)=O. The Balaban J connectivity index is 2.15. The number of nitrogens with one attached hydrogen (secondary N) is 1. The van der Waals surface area contributed by atoms with Gasteiger partial charge in [-0.2, -0.15) is 4.98 Å². The summed E-state index contributed by atoms with van der Waals surface area (Å²) in [5, 5.41) is 6.41. The number of aromatic nitrogens is 2. The fourth-order valence-electron chi connectivity index (χ4n) is 1.83. The van der Waals surface area contributed by atoms with Gasteiger partial charge in [-0.1, -0.05) is 5.16 Å². The Labute approximate surface area is 101 Å². The lowest BCUT2D eigenvalue weighted by molar-refractivity contribution is 0.360.